The largest absolute Gasteiger partial charge is 0.481 e. The molecule has 2 N–H and O–H groups in total. The first-order valence-electron chi connectivity index (χ1n) is 6.77. The Hall–Kier alpha value is -1.26. The van der Waals surface area contributed by atoms with Crippen LogP contribution < -0.4 is 5.32 Å². The second kappa shape index (κ2) is 7.24. The molecule has 18 heavy (non-hydrogen) atoms. The lowest BCUT2D eigenvalue weighted by Gasteiger charge is -2.22. The van der Waals surface area contributed by atoms with Crippen molar-refractivity contribution < 1.29 is 14.7 Å². The molecule has 1 saturated carbocycles. The van der Waals surface area contributed by atoms with Crippen LogP contribution in [0.2, 0.25) is 0 Å². The van der Waals surface area contributed by atoms with E-state index in [0.29, 0.717) is 19.0 Å². The van der Waals surface area contributed by atoms with Gasteiger partial charge in [-0.3, -0.25) is 4.79 Å². The molecule has 1 aliphatic carbocycles. The minimum absolute atomic E-state index is 0.0237. The van der Waals surface area contributed by atoms with E-state index in [-0.39, 0.29) is 18.5 Å². The van der Waals surface area contributed by atoms with E-state index in [0.717, 1.165) is 25.7 Å². The van der Waals surface area contributed by atoms with Gasteiger partial charge in [0.25, 0.3) is 0 Å². The maximum absolute atomic E-state index is 11.9. The van der Waals surface area contributed by atoms with Gasteiger partial charge in [-0.1, -0.05) is 13.8 Å². The van der Waals surface area contributed by atoms with Gasteiger partial charge in [0.2, 0.25) is 0 Å². The number of hydrogen-bond acceptors (Lipinski definition) is 2. The molecular formula is C13H24N2O3. The lowest BCUT2D eigenvalue weighted by atomic mass is 10.1. The van der Waals surface area contributed by atoms with Crippen molar-refractivity contribution in [1.82, 2.24) is 10.2 Å². The maximum Gasteiger partial charge on any atom is 0.317 e. The normalized spacial score (nSPS) is 14.6. The molecule has 0 aromatic carbocycles. The molecule has 0 radical (unpaired) electrons. The summed E-state index contributed by atoms with van der Waals surface area (Å²) < 4.78 is 0. The minimum Gasteiger partial charge on any atom is -0.481 e. The summed E-state index contributed by atoms with van der Waals surface area (Å²) >= 11 is 0. The summed E-state index contributed by atoms with van der Waals surface area (Å²) in [5.74, 6) is -0.207. The highest BCUT2D eigenvalue weighted by atomic mass is 16.4. The van der Waals surface area contributed by atoms with E-state index in [1.807, 2.05) is 0 Å². The fraction of sp³-hybridized carbons (Fsp3) is 0.846. The standard InChI is InChI=1S/C13H24N2O3/c1-10(2)4-3-8-14-13(18)15(11-5-6-11)9-7-12(16)17/h10-11H,3-9H2,1-2H3,(H,14,18)(H,16,17). The van der Waals surface area contributed by atoms with Crippen molar-refractivity contribution in [2.75, 3.05) is 13.1 Å². The number of hydrogen-bond donors (Lipinski definition) is 2. The third kappa shape index (κ3) is 5.89. The average Bonchev–Trinajstić information content (AvgIpc) is 3.08. The van der Waals surface area contributed by atoms with Crippen LogP contribution in [0.25, 0.3) is 0 Å². The zero-order valence-corrected chi connectivity index (χ0v) is 11.3. The molecule has 0 aliphatic heterocycles. The summed E-state index contributed by atoms with van der Waals surface area (Å²) in [6.07, 6.45) is 4.09. The molecule has 0 aromatic heterocycles. The summed E-state index contributed by atoms with van der Waals surface area (Å²) in [4.78, 5) is 24.1. The van der Waals surface area contributed by atoms with Gasteiger partial charge < -0.3 is 15.3 Å². The van der Waals surface area contributed by atoms with Gasteiger partial charge in [0, 0.05) is 19.1 Å². The first-order chi connectivity index (χ1) is 8.50. The van der Waals surface area contributed by atoms with Gasteiger partial charge in [-0.2, -0.15) is 0 Å². The molecule has 1 aliphatic rings. The van der Waals surface area contributed by atoms with Crippen LogP contribution in [0.5, 0.6) is 0 Å². The van der Waals surface area contributed by atoms with Gasteiger partial charge in [0.1, 0.15) is 0 Å². The van der Waals surface area contributed by atoms with Crippen LogP contribution in [0.3, 0.4) is 0 Å². The van der Waals surface area contributed by atoms with Crippen molar-refractivity contribution >= 4 is 12.0 Å². The summed E-state index contributed by atoms with van der Waals surface area (Å²) in [7, 11) is 0. The second-order valence-corrected chi connectivity index (χ2v) is 5.34. The van der Waals surface area contributed by atoms with E-state index in [1.54, 1.807) is 4.90 Å². The van der Waals surface area contributed by atoms with Crippen molar-refractivity contribution in [3.05, 3.63) is 0 Å². The molecular weight excluding hydrogens is 232 g/mol. The highest BCUT2D eigenvalue weighted by Crippen LogP contribution is 2.26. The molecule has 5 nitrogen and oxygen atoms in total. The van der Waals surface area contributed by atoms with E-state index in [1.165, 1.54) is 0 Å². The highest BCUT2D eigenvalue weighted by molar-refractivity contribution is 5.76. The molecule has 0 heterocycles. The van der Waals surface area contributed by atoms with Gasteiger partial charge in [0.05, 0.1) is 6.42 Å². The van der Waals surface area contributed by atoms with Crippen LogP contribution in [-0.2, 0) is 4.79 Å². The van der Waals surface area contributed by atoms with Gasteiger partial charge in [-0.25, -0.2) is 4.79 Å². The van der Waals surface area contributed by atoms with Gasteiger partial charge in [0.15, 0.2) is 0 Å². The quantitative estimate of drug-likeness (QED) is 0.653. The summed E-state index contributed by atoms with van der Waals surface area (Å²) in [5, 5.41) is 11.5. The number of amides is 2. The van der Waals surface area contributed by atoms with E-state index in [9.17, 15) is 9.59 Å². The van der Waals surface area contributed by atoms with Crippen LogP contribution >= 0.6 is 0 Å². The molecule has 1 rings (SSSR count). The van der Waals surface area contributed by atoms with E-state index < -0.39 is 5.97 Å². The number of nitrogens with one attached hydrogen (secondary N) is 1. The van der Waals surface area contributed by atoms with Crippen LogP contribution in [-0.4, -0.2) is 41.1 Å². The average molecular weight is 256 g/mol. The number of aliphatic carboxylic acids is 1. The Morgan fingerprint density at radius 1 is 1.39 bits per heavy atom. The molecule has 0 bridgehead atoms. The van der Waals surface area contributed by atoms with E-state index in [4.69, 9.17) is 5.11 Å². The van der Waals surface area contributed by atoms with Gasteiger partial charge in [-0.15, -0.1) is 0 Å². The van der Waals surface area contributed by atoms with Crippen LogP contribution in [0, 0.1) is 5.92 Å². The molecule has 0 aromatic rings. The number of carbonyl (C=O) groups is 2. The predicted octanol–water partition coefficient (Wildman–Crippen LogP) is 2.07. The summed E-state index contributed by atoms with van der Waals surface area (Å²) in [5.41, 5.74) is 0. The summed E-state index contributed by atoms with van der Waals surface area (Å²) in [6.45, 7) is 5.31. The molecule has 104 valence electrons. The lowest BCUT2D eigenvalue weighted by Crippen LogP contribution is -2.42. The Kier molecular flexibility index (Phi) is 5.95. The van der Waals surface area contributed by atoms with Crippen LogP contribution in [0.15, 0.2) is 0 Å². The zero-order valence-electron chi connectivity index (χ0n) is 11.3. The minimum atomic E-state index is -0.853. The first-order valence-corrected chi connectivity index (χ1v) is 6.77. The first kappa shape index (κ1) is 14.8. The summed E-state index contributed by atoms with van der Waals surface area (Å²) in [6, 6.07) is 0.150. The van der Waals surface area contributed by atoms with Gasteiger partial charge >= 0.3 is 12.0 Å². The highest BCUT2D eigenvalue weighted by Gasteiger charge is 2.32. The Labute approximate surface area is 109 Å². The molecule has 2 amide bonds. The molecule has 0 unspecified atom stereocenters. The number of urea groups is 1. The Bertz CT molecular complexity index is 288. The Balaban J connectivity index is 2.24. The lowest BCUT2D eigenvalue weighted by molar-refractivity contribution is -0.137. The monoisotopic (exact) mass is 256 g/mol. The second-order valence-electron chi connectivity index (χ2n) is 5.34. The number of carboxylic acids is 1. The number of rotatable bonds is 8. The van der Waals surface area contributed by atoms with Crippen molar-refractivity contribution in [3.63, 3.8) is 0 Å². The van der Waals surface area contributed by atoms with Crippen molar-refractivity contribution in [1.29, 1.82) is 0 Å². The number of carbonyl (C=O) groups excluding carboxylic acids is 1. The predicted molar refractivity (Wildman–Crippen MR) is 69.5 cm³/mol. The smallest absolute Gasteiger partial charge is 0.317 e. The number of carboxylic acid groups (broad SMARTS) is 1. The zero-order chi connectivity index (χ0) is 13.5. The molecule has 0 saturated heterocycles. The number of nitrogens with zero attached hydrogens (tertiary/aromatic N) is 1. The van der Waals surface area contributed by atoms with Crippen LogP contribution in [0.1, 0.15) is 46.0 Å². The molecule has 1 fully saturated rings. The van der Waals surface area contributed by atoms with Crippen molar-refractivity contribution in [2.24, 2.45) is 5.92 Å². The molecule has 0 spiro atoms. The molecule has 5 heteroatoms. The maximum atomic E-state index is 11.9. The Morgan fingerprint density at radius 3 is 2.56 bits per heavy atom. The van der Waals surface area contributed by atoms with Crippen LogP contribution in [0.4, 0.5) is 4.79 Å². The van der Waals surface area contributed by atoms with Crippen molar-refractivity contribution in [3.8, 4) is 0 Å². The fourth-order valence-corrected chi connectivity index (χ4v) is 1.86. The Morgan fingerprint density at radius 2 is 2.06 bits per heavy atom. The third-order valence-corrected chi connectivity index (χ3v) is 3.05. The van der Waals surface area contributed by atoms with E-state index in [2.05, 4.69) is 19.2 Å². The molecule has 0 atom stereocenters. The SMILES string of the molecule is CC(C)CCCNC(=O)N(CCC(=O)O)C1CC1. The van der Waals surface area contributed by atoms with Gasteiger partial charge in [-0.05, 0) is 31.6 Å². The van der Waals surface area contributed by atoms with E-state index >= 15 is 0 Å². The topological polar surface area (TPSA) is 69.6 Å². The fourth-order valence-electron chi connectivity index (χ4n) is 1.86. The van der Waals surface area contributed by atoms with Crippen molar-refractivity contribution in [2.45, 2.75) is 52.0 Å². The third-order valence-electron chi connectivity index (χ3n) is 3.05.